The molecule has 2 rings (SSSR count). The lowest BCUT2D eigenvalue weighted by Gasteiger charge is -2.13. The maximum Gasteiger partial charge on any atom is 0.246 e. The molecule has 0 radical (unpaired) electrons. The number of hydrogen-bond donors (Lipinski definition) is 2. The van der Waals surface area contributed by atoms with Crippen LogP contribution in [-0.2, 0) is 16.9 Å². The van der Waals surface area contributed by atoms with Gasteiger partial charge in [0.1, 0.15) is 12.2 Å². The summed E-state index contributed by atoms with van der Waals surface area (Å²) in [6.45, 7) is 5.57. The SMILES string of the molecule is Cc1c(Cl)cccc1NC(=O)Cn1cc(C(C)(C)N)nn1. The van der Waals surface area contributed by atoms with Gasteiger partial charge in [0.2, 0.25) is 5.91 Å². The predicted octanol–water partition coefficient (Wildman–Crippen LogP) is 2.07. The molecule has 0 fully saturated rings. The van der Waals surface area contributed by atoms with Crippen molar-refractivity contribution in [1.29, 1.82) is 0 Å². The van der Waals surface area contributed by atoms with Crippen LogP contribution in [0.25, 0.3) is 0 Å². The van der Waals surface area contributed by atoms with E-state index in [-0.39, 0.29) is 12.5 Å². The van der Waals surface area contributed by atoms with E-state index in [1.54, 1.807) is 24.4 Å². The van der Waals surface area contributed by atoms with Crippen molar-refractivity contribution in [3.63, 3.8) is 0 Å². The van der Waals surface area contributed by atoms with Crippen LogP contribution in [0.3, 0.4) is 0 Å². The maximum atomic E-state index is 12.0. The quantitative estimate of drug-likeness (QED) is 0.905. The van der Waals surface area contributed by atoms with E-state index < -0.39 is 5.54 Å². The van der Waals surface area contributed by atoms with Gasteiger partial charge in [0.25, 0.3) is 0 Å². The average Bonchev–Trinajstić information content (AvgIpc) is 2.83. The summed E-state index contributed by atoms with van der Waals surface area (Å²) < 4.78 is 1.46. The third-order valence-corrected chi connectivity index (χ3v) is 3.46. The van der Waals surface area contributed by atoms with Crippen molar-refractivity contribution in [2.45, 2.75) is 32.9 Å². The molecule has 0 unspecified atom stereocenters. The molecule has 0 atom stereocenters. The van der Waals surface area contributed by atoms with Crippen LogP contribution in [-0.4, -0.2) is 20.9 Å². The van der Waals surface area contributed by atoms with Crippen molar-refractivity contribution in [3.8, 4) is 0 Å². The van der Waals surface area contributed by atoms with E-state index in [4.69, 9.17) is 17.3 Å². The molecular formula is C14H18ClN5O. The molecule has 0 aliphatic heterocycles. The van der Waals surface area contributed by atoms with Crippen molar-refractivity contribution in [1.82, 2.24) is 15.0 Å². The van der Waals surface area contributed by atoms with Gasteiger partial charge in [0, 0.05) is 10.7 Å². The molecule has 1 heterocycles. The fourth-order valence-electron chi connectivity index (χ4n) is 1.75. The van der Waals surface area contributed by atoms with E-state index in [2.05, 4.69) is 15.6 Å². The highest BCUT2D eigenvalue weighted by Crippen LogP contribution is 2.22. The zero-order valence-electron chi connectivity index (χ0n) is 12.2. The van der Waals surface area contributed by atoms with Gasteiger partial charge >= 0.3 is 0 Å². The van der Waals surface area contributed by atoms with Gasteiger partial charge in [-0.1, -0.05) is 22.9 Å². The number of aromatic nitrogens is 3. The summed E-state index contributed by atoms with van der Waals surface area (Å²) in [6, 6.07) is 5.36. The first-order chi connectivity index (χ1) is 9.77. The van der Waals surface area contributed by atoms with E-state index in [1.165, 1.54) is 4.68 Å². The summed E-state index contributed by atoms with van der Waals surface area (Å²) in [6.07, 6.45) is 1.67. The Bertz CT molecular complexity index is 660. The summed E-state index contributed by atoms with van der Waals surface area (Å²) in [5, 5.41) is 11.3. The minimum absolute atomic E-state index is 0.0645. The maximum absolute atomic E-state index is 12.0. The zero-order valence-corrected chi connectivity index (χ0v) is 13.0. The Morgan fingerprint density at radius 1 is 1.48 bits per heavy atom. The lowest BCUT2D eigenvalue weighted by atomic mass is 10.0. The van der Waals surface area contributed by atoms with E-state index in [1.807, 2.05) is 20.8 Å². The summed E-state index contributed by atoms with van der Waals surface area (Å²) in [5.41, 5.74) is 7.49. The number of carbonyl (C=O) groups excluding carboxylic acids is 1. The lowest BCUT2D eigenvalue weighted by Crippen LogP contribution is -2.29. The molecule has 0 bridgehead atoms. The Morgan fingerprint density at radius 3 is 2.81 bits per heavy atom. The molecule has 0 saturated heterocycles. The monoisotopic (exact) mass is 307 g/mol. The van der Waals surface area contributed by atoms with Crippen LogP contribution in [0.15, 0.2) is 24.4 Å². The van der Waals surface area contributed by atoms with Crippen molar-refractivity contribution >= 4 is 23.2 Å². The number of nitrogens with two attached hydrogens (primary N) is 1. The van der Waals surface area contributed by atoms with Crippen LogP contribution in [0.4, 0.5) is 5.69 Å². The number of halogens is 1. The van der Waals surface area contributed by atoms with Crippen LogP contribution in [0.5, 0.6) is 0 Å². The van der Waals surface area contributed by atoms with E-state index in [0.29, 0.717) is 16.4 Å². The van der Waals surface area contributed by atoms with Crippen LogP contribution in [0.2, 0.25) is 5.02 Å². The van der Waals surface area contributed by atoms with Crippen LogP contribution in [0, 0.1) is 6.92 Å². The molecule has 1 aromatic carbocycles. The highest BCUT2D eigenvalue weighted by atomic mass is 35.5. The molecule has 0 saturated carbocycles. The topological polar surface area (TPSA) is 85.8 Å². The van der Waals surface area contributed by atoms with E-state index in [0.717, 1.165) is 5.56 Å². The Kier molecular flexibility index (Phi) is 4.29. The van der Waals surface area contributed by atoms with Gasteiger partial charge < -0.3 is 11.1 Å². The number of nitrogens with one attached hydrogen (secondary N) is 1. The Labute approximate surface area is 128 Å². The van der Waals surface area contributed by atoms with Crippen molar-refractivity contribution in [2.24, 2.45) is 5.73 Å². The first-order valence-corrected chi connectivity index (χ1v) is 6.89. The van der Waals surface area contributed by atoms with Gasteiger partial charge in [-0.15, -0.1) is 5.10 Å². The highest BCUT2D eigenvalue weighted by Gasteiger charge is 2.19. The van der Waals surface area contributed by atoms with Gasteiger partial charge in [-0.3, -0.25) is 4.79 Å². The van der Waals surface area contributed by atoms with E-state index >= 15 is 0 Å². The van der Waals surface area contributed by atoms with Crippen LogP contribution < -0.4 is 11.1 Å². The molecule has 1 aromatic heterocycles. The molecule has 7 heteroatoms. The van der Waals surface area contributed by atoms with Crippen LogP contribution >= 0.6 is 11.6 Å². The second-order valence-corrected chi connectivity index (χ2v) is 5.89. The first-order valence-electron chi connectivity index (χ1n) is 6.52. The molecule has 0 aliphatic carbocycles. The minimum atomic E-state index is -0.585. The third kappa shape index (κ3) is 3.80. The summed E-state index contributed by atoms with van der Waals surface area (Å²) >= 11 is 6.02. The van der Waals surface area contributed by atoms with Crippen molar-refractivity contribution in [2.75, 3.05) is 5.32 Å². The Balaban J connectivity index is 2.05. The van der Waals surface area contributed by atoms with Crippen LogP contribution in [0.1, 0.15) is 25.1 Å². The molecular weight excluding hydrogens is 290 g/mol. The van der Waals surface area contributed by atoms with Gasteiger partial charge in [-0.25, -0.2) is 4.68 Å². The standard InChI is InChI=1S/C14H18ClN5O/c1-9-10(15)5-4-6-11(9)17-13(21)8-20-7-12(18-19-20)14(2,3)16/h4-7H,8,16H2,1-3H3,(H,17,21). The Hall–Kier alpha value is -1.92. The fourth-order valence-corrected chi connectivity index (χ4v) is 1.93. The minimum Gasteiger partial charge on any atom is -0.324 e. The summed E-state index contributed by atoms with van der Waals surface area (Å²) in [4.78, 5) is 12.0. The van der Waals surface area contributed by atoms with Gasteiger partial charge in [-0.2, -0.15) is 0 Å². The van der Waals surface area contributed by atoms with Crippen molar-refractivity contribution < 1.29 is 4.79 Å². The second-order valence-electron chi connectivity index (χ2n) is 5.48. The average molecular weight is 308 g/mol. The highest BCUT2D eigenvalue weighted by molar-refractivity contribution is 6.31. The molecule has 112 valence electrons. The molecule has 21 heavy (non-hydrogen) atoms. The Morgan fingerprint density at radius 2 is 2.19 bits per heavy atom. The number of rotatable bonds is 4. The van der Waals surface area contributed by atoms with Gasteiger partial charge in [-0.05, 0) is 38.5 Å². The van der Waals surface area contributed by atoms with Gasteiger partial charge in [0.15, 0.2) is 0 Å². The lowest BCUT2D eigenvalue weighted by molar-refractivity contribution is -0.116. The molecule has 3 N–H and O–H groups in total. The summed E-state index contributed by atoms with van der Waals surface area (Å²) in [7, 11) is 0. The fraction of sp³-hybridized carbons (Fsp3) is 0.357. The predicted molar refractivity (Wildman–Crippen MR) is 82.1 cm³/mol. The van der Waals surface area contributed by atoms with Gasteiger partial charge in [0.05, 0.1) is 11.7 Å². The number of hydrogen-bond acceptors (Lipinski definition) is 4. The second kappa shape index (κ2) is 5.83. The number of nitrogens with zero attached hydrogens (tertiary/aromatic N) is 3. The first kappa shape index (κ1) is 15.5. The zero-order chi connectivity index (χ0) is 15.6. The molecule has 0 spiro atoms. The molecule has 0 aliphatic rings. The third-order valence-electron chi connectivity index (χ3n) is 3.05. The number of anilines is 1. The van der Waals surface area contributed by atoms with E-state index in [9.17, 15) is 4.79 Å². The number of amides is 1. The normalized spacial score (nSPS) is 11.5. The molecule has 1 amide bonds. The number of carbonyl (C=O) groups is 1. The van der Waals surface area contributed by atoms with Crippen molar-refractivity contribution in [3.05, 3.63) is 40.7 Å². The summed E-state index contributed by atoms with van der Waals surface area (Å²) in [5.74, 6) is -0.202. The molecule has 6 nitrogen and oxygen atoms in total. The number of benzene rings is 1. The molecule has 2 aromatic rings. The smallest absolute Gasteiger partial charge is 0.246 e. The largest absolute Gasteiger partial charge is 0.324 e.